The molecule has 0 bridgehead atoms. The van der Waals surface area contributed by atoms with Gasteiger partial charge in [-0.3, -0.25) is 0 Å². The van der Waals surface area contributed by atoms with Gasteiger partial charge in [-0.05, 0) is 38.6 Å². The van der Waals surface area contributed by atoms with Gasteiger partial charge in [0.15, 0.2) is 0 Å². The molecular weight excluding hydrogens is 260 g/mol. The monoisotopic (exact) mass is 284 g/mol. The van der Waals surface area contributed by atoms with Crippen molar-refractivity contribution in [3.8, 4) is 0 Å². The van der Waals surface area contributed by atoms with Gasteiger partial charge in [0.2, 0.25) is 0 Å². The van der Waals surface area contributed by atoms with E-state index in [1.54, 1.807) is 24.6 Å². The summed E-state index contributed by atoms with van der Waals surface area (Å²) in [5.41, 5.74) is -0.769. The first kappa shape index (κ1) is 14.9. The number of aromatic nitrogens is 1. The van der Waals surface area contributed by atoms with Crippen LogP contribution in [0.4, 0.5) is 0 Å². The van der Waals surface area contributed by atoms with Crippen LogP contribution >= 0.6 is 11.3 Å². The van der Waals surface area contributed by atoms with Gasteiger partial charge < -0.3 is 15.2 Å². The highest BCUT2D eigenvalue weighted by atomic mass is 32.1. The Bertz CT molecular complexity index is 352. The Balaban J connectivity index is 2.03. The van der Waals surface area contributed by atoms with E-state index >= 15 is 0 Å². The van der Waals surface area contributed by atoms with Crippen LogP contribution in [-0.4, -0.2) is 36.9 Å². The molecule has 1 aromatic heterocycles. The maximum Gasteiger partial charge on any atom is 0.125 e. The van der Waals surface area contributed by atoms with Gasteiger partial charge in [-0.15, -0.1) is 11.3 Å². The van der Waals surface area contributed by atoms with Crippen molar-refractivity contribution in [3.05, 3.63) is 16.6 Å². The van der Waals surface area contributed by atoms with Gasteiger partial charge in [0.1, 0.15) is 10.6 Å². The van der Waals surface area contributed by atoms with E-state index in [0.717, 1.165) is 56.8 Å². The fraction of sp³-hybridized carbons (Fsp3) is 0.786. The average molecular weight is 284 g/mol. The molecule has 2 N–H and O–H groups in total. The molecule has 1 aromatic rings. The third kappa shape index (κ3) is 3.75. The first-order valence-electron chi connectivity index (χ1n) is 7.09. The zero-order valence-electron chi connectivity index (χ0n) is 11.6. The van der Waals surface area contributed by atoms with Crippen molar-refractivity contribution in [3.63, 3.8) is 0 Å². The molecule has 108 valence electrons. The Morgan fingerprint density at radius 2 is 2.47 bits per heavy atom. The third-order valence-electron chi connectivity index (χ3n) is 3.93. The van der Waals surface area contributed by atoms with E-state index in [9.17, 15) is 5.11 Å². The molecular formula is C14H24N2O2S. The molecule has 0 amide bonds. The standard InChI is InChI=1S/C14H24N2O2S/c1-18-9-3-2-6-14(17,13-16-8-10-19-13)12-5-4-7-15-11-12/h8,10,12,15,17H,2-7,9,11H2,1H3/t12-,14+/m1/s1. The Morgan fingerprint density at radius 3 is 3.11 bits per heavy atom. The fourth-order valence-electron chi connectivity index (χ4n) is 2.82. The lowest BCUT2D eigenvalue weighted by atomic mass is 9.79. The zero-order valence-corrected chi connectivity index (χ0v) is 12.4. The van der Waals surface area contributed by atoms with Crippen molar-refractivity contribution in [2.45, 2.75) is 37.7 Å². The van der Waals surface area contributed by atoms with Crippen LogP contribution in [0.5, 0.6) is 0 Å². The van der Waals surface area contributed by atoms with Crippen LogP contribution < -0.4 is 5.32 Å². The quantitative estimate of drug-likeness (QED) is 0.753. The van der Waals surface area contributed by atoms with E-state index < -0.39 is 5.60 Å². The average Bonchev–Trinajstić information content (AvgIpc) is 2.99. The summed E-state index contributed by atoms with van der Waals surface area (Å²) in [5.74, 6) is 0.273. The maximum atomic E-state index is 11.2. The molecule has 19 heavy (non-hydrogen) atoms. The maximum absolute atomic E-state index is 11.2. The first-order valence-corrected chi connectivity index (χ1v) is 7.97. The molecule has 1 saturated heterocycles. The summed E-state index contributed by atoms with van der Waals surface area (Å²) in [5, 5.41) is 17.4. The van der Waals surface area contributed by atoms with Crippen LogP contribution in [0.1, 0.15) is 37.1 Å². The van der Waals surface area contributed by atoms with Crippen molar-refractivity contribution >= 4 is 11.3 Å². The molecule has 0 radical (unpaired) electrons. The van der Waals surface area contributed by atoms with Gasteiger partial charge in [-0.25, -0.2) is 4.98 Å². The molecule has 1 fully saturated rings. The molecule has 2 rings (SSSR count). The number of hydrogen-bond acceptors (Lipinski definition) is 5. The second kappa shape index (κ2) is 7.33. The summed E-state index contributed by atoms with van der Waals surface area (Å²) in [4.78, 5) is 4.37. The van der Waals surface area contributed by atoms with E-state index in [4.69, 9.17) is 4.74 Å². The van der Waals surface area contributed by atoms with Crippen LogP contribution in [0, 0.1) is 5.92 Å². The number of nitrogens with one attached hydrogen (secondary N) is 1. The van der Waals surface area contributed by atoms with Gasteiger partial charge in [-0.2, -0.15) is 0 Å². The van der Waals surface area contributed by atoms with Crippen molar-refractivity contribution < 1.29 is 9.84 Å². The molecule has 5 heteroatoms. The molecule has 1 aliphatic heterocycles. The second-order valence-corrected chi connectivity index (χ2v) is 6.15. The highest BCUT2D eigenvalue weighted by Gasteiger charge is 2.40. The van der Waals surface area contributed by atoms with E-state index in [1.807, 2.05) is 5.38 Å². The molecule has 4 nitrogen and oxygen atoms in total. The summed E-state index contributed by atoms with van der Waals surface area (Å²) < 4.78 is 5.09. The Kier molecular flexibility index (Phi) is 5.76. The van der Waals surface area contributed by atoms with Gasteiger partial charge in [0.25, 0.3) is 0 Å². The first-order chi connectivity index (χ1) is 9.27. The highest BCUT2D eigenvalue weighted by Crippen LogP contribution is 2.39. The lowest BCUT2D eigenvalue weighted by Gasteiger charge is -2.37. The Labute approximate surface area is 119 Å². The molecule has 2 heterocycles. The second-order valence-electron chi connectivity index (χ2n) is 5.25. The molecule has 0 spiro atoms. The fourth-order valence-corrected chi connectivity index (χ4v) is 3.67. The van der Waals surface area contributed by atoms with Crippen LogP contribution in [0.25, 0.3) is 0 Å². The minimum absolute atomic E-state index is 0.273. The van der Waals surface area contributed by atoms with Gasteiger partial charge >= 0.3 is 0 Å². The number of aliphatic hydroxyl groups is 1. The van der Waals surface area contributed by atoms with Gasteiger partial charge in [-0.1, -0.05) is 0 Å². The molecule has 0 saturated carbocycles. The SMILES string of the molecule is COCCCC[C@@](O)(c1nccs1)[C@@H]1CCCNC1. The van der Waals surface area contributed by atoms with Crippen molar-refractivity contribution in [1.82, 2.24) is 10.3 Å². The lowest BCUT2D eigenvalue weighted by Crippen LogP contribution is -2.44. The van der Waals surface area contributed by atoms with Crippen LogP contribution in [-0.2, 0) is 10.3 Å². The number of methoxy groups -OCH3 is 1. The smallest absolute Gasteiger partial charge is 0.125 e. The summed E-state index contributed by atoms with van der Waals surface area (Å²) in [6.45, 7) is 2.71. The topological polar surface area (TPSA) is 54.4 Å². The largest absolute Gasteiger partial charge is 0.385 e. The number of hydrogen-bond donors (Lipinski definition) is 2. The van der Waals surface area contributed by atoms with Crippen molar-refractivity contribution in [2.75, 3.05) is 26.8 Å². The minimum Gasteiger partial charge on any atom is -0.385 e. The van der Waals surface area contributed by atoms with Gasteiger partial charge in [0.05, 0.1) is 0 Å². The number of nitrogens with zero attached hydrogens (tertiary/aromatic N) is 1. The van der Waals surface area contributed by atoms with E-state index in [0.29, 0.717) is 0 Å². The zero-order chi connectivity index (χ0) is 13.6. The Hall–Kier alpha value is -0.490. The highest BCUT2D eigenvalue weighted by molar-refractivity contribution is 7.09. The van der Waals surface area contributed by atoms with Gasteiger partial charge in [0, 0.05) is 37.8 Å². The molecule has 1 aliphatic rings. The number of unbranched alkanes of at least 4 members (excludes halogenated alkanes) is 1. The summed E-state index contributed by atoms with van der Waals surface area (Å²) in [6.07, 6.45) is 6.74. The summed E-state index contributed by atoms with van der Waals surface area (Å²) >= 11 is 1.57. The molecule has 0 aliphatic carbocycles. The number of ether oxygens (including phenoxy) is 1. The lowest BCUT2D eigenvalue weighted by molar-refractivity contribution is -0.0435. The summed E-state index contributed by atoms with van der Waals surface area (Å²) in [6, 6.07) is 0. The van der Waals surface area contributed by atoms with E-state index in [1.165, 1.54) is 0 Å². The van der Waals surface area contributed by atoms with Crippen molar-refractivity contribution in [1.29, 1.82) is 0 Å². The van der Waals surface area contributed by atoms with E-state index in [2.05, 4.69) is 10.3 Å². The Morgan fingerprint density at radius 1 is 1.58 bits per heavy atom. The molecule has 2 atom stereocenters. The van der Waals surface area contributed by atoms with E-state index in [-0.39, 0.29) is 5.92 Å². The normalized spacial score (nSPS) is 23.2. The van der Waals surface area contributed by atoms with Crippen LogP contribution in [0.3, 0.4) is 0 Å². The number of thiazole rings is 1. The van der Waals surface area contributed by atoms with Crippen LogP contribution in [0.15, 0.2) is 11.6 Å². The minimum atomic E-state index is -0.769. The summed E-state index contributed by atoms with van der Waals surface area (Å²) in [7, 11) is 1.72. The van der Waals surface area contributed by atoms with Crippen molar-refractivity contribution in [2.24, 2.45) is 5.92 Å². The predicted octanol–water partition coefficient (Wildman–Crippen LogP) is 2.15. The predicted molar refractivity (Wildman–Crippen MR) is 77.3 cm³/mol. The molecule has 0 aromatic carbocycles. The number of rotatable bonds is 7. The molecule has 0 unspecified atom stereocenters. The number of piperidine rings is 1. The third-order valence-corrected chi connectivity index (χ3v) is 4.87. The van der Waals surface area contributed by atoms with Crippen LogP contribution in [0.2, 0.25) is 0 Å².